The Balaban J connectivity index is 2.45. The molecule has 0 bridgehead atoms. The third-order valence-electron chi connectivity index (χ3n) is 1.29. The van der Waals surface area contributed by atoms with E-state index in [9.17, 15) is 4.79 Å². The molecule has 0 unspecified atom stereocenters. The Labute approximate surface area is 76.1 Å². The van der Waals surface area contributed by atoms with Crippen molar-refractivity contribution in [2.24, 2.45) is 0 Å². The van der Waals surface area contributed by atoms with Gasteiger partial charge < -0.3 is 11.1 Å². The Morgan fingerprint density at radius 1 is 1.77 bits per heavy atom. The molecule has 0 aliphatic heterocycles. The van der Waals surface area contributed by atoms with Crippen LogP contribution in [0.5, 0.6) is 0 Å². The van der Waals surface area contributed by atoms with Crippen LogP contribution in [0.15, 0.2) is 6.20 Å². The van der Waals surface area contributed by atoms with Crippen LogP contribution in [0.3, 0.4) is 0 Å². The lowest BCUT2D eigenvalue weighted by Gasteiger charge is -2.06. The number of amides is 1. The van der Waals surface area contributed by atoms with E-state index in [1.807, 2.05) is 13.8 Å². The average Bonchev–Trinajstić information content (AvgIpc) is 2.33. The molecule has 0 fully saturated rings. The van der Waals surface area contributed by atoms with Crippen LogP contribution in [0.25, 0.3) is 0 Å². The van der Waals surface area contributed by atoms with Gasteiger partial charge in [-0.05, 0) is 13.8 Å². The van der Waals surface area contributed by atoms with E-state index in [1.54, 1.807) is 0 Å². The lowest BCUT2D eigenvalue weighted by atomic mass is 10.4. The molecule has 72 valence electrons. The molecule has 1 aromatic heterocycles. The molecule has 0 saturated carbocycles. The van der Waals surface area contributed by atoms with E-state index >= 15 is 0 Å². The summed E-state index contributed by atoms with van der Waals surface area (Å²) in [5, 5.41) is 10.3. The third kappa shape index (κ3) is 3.10. The maximum absolute atomic E-state index is 11.2. The molecule has 1 rings (SSSR count). The molecule has 6 heteroatoms. The molecule has 0 spiro atoms. The van der Waals surface area contributed by atoms with Crippen LogP contribution in [0, 0.1) is 0 Å². The molecule has 0 aliphatic rings. The van der Waals surface area contributed by atoms with Crippen molar-refractivity contribution in [1.29, 1.82) is 0 Å². The highest BCUT2D eigenvalue weighted by atomic mass is 16.2. The summed E-state index contributed by atoms with van der Waals surface area (Å²) in [7, 11) is 0. The van der Waals surface area contributed by atoms with Crippen LogP contribution in [-0.4, -0.2) is 26.9 Å². The molecule has 3 N–H and O–H groups in total. The lowest BCUT2D eigenvalue weighted by Crippen LogP contribution is -2.33. The lowest BCUT2D eigenvalue weighted by molar-refractivity contribution is -0.122. The third-order valence-corrected chi connectivity index (χ3v) is 1.29. The van der Waals surface area contributed by atoms with Gasteiger partial charge in [0.25, 0.3) is 0 Å². The van der Waals surface area contributed by atoms with Gasteiger partial charge in [0.1, 0.15) is 6.54 Å². The number of nitrogens with two attached hydrogens (primary N) is 1. The minimum atomic E-state index is -0.120. The fraction of sp³-hybridized carbons (Fsp3) is 0.571. The molecule has 0 aromatic carbocycles. The first-order valence-electron chi connectivity index (χ1n) is 4.03. The molecule has 0 saturated heterocycles. The number of anilines is 1. The molecule has 6 nitrogen and oxygen atoms in total. The standard InChI is InChI=1S/C7H13N5O/c1-5(2)10-7(13)4-12-9-3-6(8)11-12/h3,5H,4H2,1-2H3,(H2,8,11)(H,10,13). The number of nitrogens with one attached hydrogen (secondary N) is 1. The molecule has 1 heterocycles. The van der Waals surface area contributed by atoms with Crippen molar-refractivity contribution >= 4 is 11.7 Å². The van der Waals surface area contributed by atoms with E-state index in [0.29, 0.717) is 5.82 Å². The quantitative estimate of drug-likeness (QED) is 0.654. The second kappa shape index (κ2) is 3.88. The van der Waals surface area contributed by atoms with Crippen molar-refractivity contribution in [3.05, 3.63) is 6.20 Å². The molecule has 0 atom stereocenters. The van der Waals surface area contributed by atoms with Gasteiger partial charge in [-0.25, -0.2) is 0 Å². The minimum Gasteiger partial charge on any atom is -0.381 e. The van der Waals surface area contributed by atoms with Gasteiger partial charge in [0, 0.05) is 6.04 Å². The van der Waals surface area contributed by atoms with Gasteiger partial charge >= 0.3 is 0 Å². The average molecular weight is 183 g/mol. The van der Waals surface area contributed by atoms with E-state index in [4.69, 9.17) is 5.73 Å². The summed E-state index contributed by atoms with van der Waals surface area (Å²) in [4.78, 5) is 12.4. The topological polar surface area (TPSA) is 85.8 Å². The van der Waals surface area contributed by atoms with Gasteiger partial charge in [0.05, 0.1) is 6.20 Å². The van der Waals surface area contributed by atoms with Crippen LogP contribution in [0.4, 0.5) is 5.82 Å². The SMILES string of the molecule is CC(C)NC(=O)Cn1ncc(N)n1. The van der Waals surface area contributed by atoms with E-state index < -0.39 is 0 Å². The molecular formula is C7H13N5O. The second-order valence-electron chi connectivity index (χ2n) is 3.02. The van der Waals surface area contributed by atoms with Crippen LogP contribution < -0.4 is 11.1 Å². The maximum Gasteiger partial charge on any atom is 0.243 e. The fourth-order valence-electron chi connectivity index (χ4n) is 0.883. The Kier molecular flexibility index (Phi) is 2.84. The molecule has 0 aliphatic carbocycles. The zero-order chi connectivity index (χ0) is 9.84. The van der Waals surface area contributed by atoms with Gasteiger partial charge in [-0.1, -0.05) is 0 Å². The molecular weight excluding hydrogens is 170 g/mol. The first-order chi connectivity index (χ1) is 6.08. The van der Waals surface area contributed by atoms with E-state index in [2.05, 4.69) is 15.5 Å². The Morgan fingerprint density at radius 2 is 2.46 bits per heavy atom. The zero-order valence-electron chi connectivity index (χ0n) is 7.69. The highest BCUT2D eigenvalue weighted by Gasteiger charge is 2.05. The summed E-state index contributed by atoms with van der Waals surface area (Å²) in [5.41, 5.74) is 5.33. The summed E-state index contributed by atoms with van der Waals surface area (Å²) < 4.78 is 0. The van der Waals surface area contributed by atoms with Crippen molar-refractivity contribution in [2.45, 2.75) is 26.4 Å². The number of nitrogens with zero attached hydrogens (tertiary/aromatic N) is 3. The molecule has 13 heavy (non-hydrogen) atoms. The predicted molar refractivity (Wildman–Crippen MR) is 47.7 cm³/mol. The van der Waals surface area contributed by atoms with Crippen LogP contribution in [-0.2, 0) is 11.3 Å². The van der Waals surface area contributed by atoms with Crippen molar-refractivity contribution in [1.82, 2.24) is 20.3 Å². The van der Waals surface area contributed by atoms with Gasteiger partial charge in [-0.2, -0.15) is 9.90 Å². The van der Waals surface area contributed by atoms with Crippen molar-refractivity contribution < 1.29 is 4.79 Å². The first kappa shape index (κ1) is 9.50. The zero-order valence-corrected chi connectivity index (χ0v) is 7.69. The summed E-state index contributed by atoms with van der Waals surface area (Å²) >= 11 is 0. The molecule has 0 radical (unpaired) electrons. The van der Waals surface area contributed by atoms with E-state index in [1.165, 1.54) is 11.0 Å². The van der Waals surface area contributed by atoms with E-state index in [0.717, 1.165) is 0 Å². The highest BCUT2D eigenvalue weighted by Crippen LogP contribution is 1.90. The number of hydrogen-bond acceptors (Lipinski definition) is 4. The normalized spacial score (nSPS) is 10.4. The Hall–Kier alpha value is -1.59. The number of aromatic nitrogens is 3. The smallest absolute Gasteiger partial charge is 0.243 e. The number of carbonyl (C=O) groups excluding carboxylic acids is 1. The van der Waals surface area contributed by atoms with Crippen LogP contribution in [0.2, 0.25) is 0 Å². The highest BCUT2D eigenvalue weighted by molar-refractivity contribution is 5.75. The summed E-state index contributed by atoms with van der Waals surface area (Å²) in [6.07, 6.45) is 1.41. The number of nitrogen functional groups attached to an aromatic ring is 1. The minimum absolute atomic E-state index is 0.107. The van der Waals surface area contributed by atoms with Crippen molar-refractivity contribution in [3.63, 3.8) is 0 Å². The fourth-order valence-corrected chi connectivity index (χ4v) is 0.883. The van der Waals surface area contributed by atoms with Gasteiger partial charge in [-0.3, -0.25) is 4.79 Å². The Morgan fingerprint density at radius 3 is 2.92 bits per heavy atom. The van der Waals surface area contributed by atoms with Crippen LogP contribution in [0.1, 0.15) is 13.8 Å². The number of carbonyl (C=O) groups is 1. The summed E-state index contributed by atoms with van der Waals surface area (Å²) in [6, 6.07) is 0.125. The Bertz CT molecular complexity index is 293. The molecule has 1 aromatic rings. The first-order valence-corrected chi connectivity index (χ1v) is 4.03. The predicted octanol–water partition coefficient (Wildman–Crippen LogP) is -0.615. The number of hydrogen-bond donors (Lipinski definition) is 2. The second-order valence-corrected chi connectivity index (χ2v) is 3.02. The number of rotatable bonds is 3. The van der Waals surface area contributed by atoms with Gasteiger partial charge in [0.15, 0.2) is 5.82 Å². The largest absolute Gasteiger partial charge is 0.381 e. The molecule has 1 amide bonds. The van der Waals surface area contributed by atoms with E-state index in [-0.39, 0.29) is 18.5 Å². The van der Waals surface area contributed by atoms with Gasteiger partial charge in [0.2, 0.25) is 5.91 Å². The van der Waals surface area contributed by atoms with Crippen molar-refractivity contribution in [3.8, 4) is 0 Å². The monoisotopic (exact) mass is 183 g/mol. The van der Waals surface area contributed by atoms with Crippen LogP contribution >= 0.6 is 0 Å². The summed E-state index contributed by atoms with van der Waals surface area (Å²) in [5.74, 6) is 0.197. The van der Waals surface area contributed by atoms with Gasteiger partial charge in [-0.15, -0.1) is 5.10 Å². The maximum atomic E-state index is 11.2. The summed E-state index contributed by atoms with van der Waals surface area (Å²) in [6.45, 7) is 3.89. The van der Waals surface area contributed by atoms with Crippen molar-refractivity contribution in [2.75, 3.05) is 5.73 Å².